The molecule has 0 saturated heterocycles. The van der Waals surface area contributed by atoms with E-state index >= 15 is 0 Å². The van der Waals surface area contributed by atoms with E-state index in [1.807, 2.05) is 18.2 Å². The molecule has 2 unspecified atom stereocenters. The Morgan fingerprint density at radius 3 is 2.92 bits per heavy atom. The van der Waals surface area contributed by atoms with Gasteiger partial charge in [0.15, 0.2) is 0 Å². The molecule has 1 aromatic carbocycles. The number of halogens is 2. The van der Waals surface area contributed by atoms with Gasteiger partial charge < -0.3 is 5.11 Å². The Hall–Kier alpha value is -0.0500. The summed E-state index contributed by atoms with van der Waals surface area (Å²) in [4.78, 5) is 0. The molecule has 2 atom stereocenters. The lowest BCUT2D eigenvalue weighted by Gasteiger charge is -2.03. The van der Waals surface area contributed by atoms with Crippen molar-refractivity contribution in [3.8, 4) is 0 Å². The minimum absolute atomic E-state index is 0.271. The Bertz CT molecular complexity index is 327. The van der Waals surface area contributed by atoms with Gasteiger partial charge in [-0.15, -0.1) is 0 Å². The molecule has 1 nitrogen and oxygen atoms in total. The predicted octanol–water partition coefficient (Wildman–Crippen LogP) is 3.20. The van der Waals surface area contributed by atoms with Crippen LogP contribution in [0, 0.1) is 5.92 Å². The van der Waals surface area contributed by atoms with Crippen LogP contribution in [0.1, 0.15) is 17.9 Å². The third kappa shape index (κ3) is 1.90. The van der Waals surface area contributed by atoms with E-state index < -0.39 is 0 Å². The van der Waals surface area contributed by atoms with Crippen LogP contribution in [0.2, 0.25) is 5.02 Å². The average Bonchev–Trinajstić information content (AvgIpc) is 2.88. The summed E-state index contributed by atoms with van der Waals surface area (Å²) >= 11 is 9.46. The van der Waals surface area contributed by atoms with Gasteiger partial charge in [0.25, 0.3) is 0 Å². The zero-order valence-electron chi connectivity index (χ0n) is 7.00. The van der Waals surface area contributed by atoms with Crippen LogP contribution < -0.4 is 0 Å². The van der Waals surface area contributed by atoms with Gasteiger partial charge in [-0.3, -0.25) is 0 Å². The van der Waals surface area contributed by atoms with Crippen molar-refractivity contribution in [2.24, 2.45) is 5.92 Å². The molecule has 0 heterocycles. The fraction of sp³-hybridized carbons (Fsp3) is 0.400. The Morgan fingerprint density at radius 1 is 1.54 bits per heavy atom. The zero-order valence-corrected chi connectivity index (χ0v) is 9.35. The van der Waals surface area contributed by atoms with Crippen LogP contribution in [0.3, 0.4) is 0 Å². The average molecular weight is 262 g/mol. The van der Waals surface area contributed by atoms with Crippen molar-refractivity contribution in [3.05, 3.63) is 33.3 Å². The maximum absolute atomic E-state index is 8.94. The summed E-state index contributed by atoms with van der Waals surface area (Å²) in [6.07, 6.45) is 1.06. The van der Waals surface area contributed by atoms with Crippen molar-refractivity contribution in [2.75, 3.05) is 6.61 Å². The lowest BCUT2D eigenvalue weighted by Crippen LogP contribution is -1.89. The first kappa shape index (κ1) is 9.50. The monoisotopic (exact) mass is 260 g/mol. The van der Waals surface area contributed by atoms with E-state index in [4.69, 9.17) is 16.7 Å². The molecular weight excluding hydrogens is 251 g/mol. The molecule has 1 fully saturated rings. The van der Waals surface area contributed by atoms with Gasteiger partial charge in [-0.05, 0) is 42.0 Å². The third-order valence-electron chi connectivity index (χ3n) is 2.51. The fourth-order valence-electron chi connectivity index (χ4n) is 1.63. The van der Waals surface area contributed by atoms with Gasteiger partial charge in [-0.1, -0.05) is 27.5 Å². The summed E-state index contributed by atoms with van der Waals surface area (Å²) in [7, 11) is 0. The van der Waals surface area contributed by atoms with Crippen LogP contribution in [-0.4, -0.2) is 11.7 Å². The van der Waals surface area contributed by atoms with Crippen LogP contribution >= 0.6 is 27.5 Å². The van der Waals surface area contributed by atoms with Crippen molar-refractivity contribution in [3.63, 3.8) is 0 Å². The highest BCUT2D eigenvalue weighted by molar-refractivity contribution is 9.10. The second kappa shape index (κ2) is 3.60. The highest BCUT2D eigenvalue weighted by atomic mass is 79.9. The molecule has 0 aliphatic heterocycles. The van der Waals surface area contributed by atoms with Gasteiger partial charge in [-0.25, -0.2) is 0 Å². The standard InChI is InChI=1S/C10H10BrClO/c11-7-1-2-10(12)9(4-7)8-3-6(8)5-13/h1-2,4,6,8,13H,3,5H2. The maximum Gasteiger partial charge on any atom is 0.0465 e. The predicted molar refractivity (Wildman–Crippen MR) is 57.1 cm³/mol. The third-order valence-corrected chi connectivity index (χ3v) is 3.35. The molecule has 70 valence electrons. The SMILES string of the molecule is OCC1CC1c1cc(Br)ccc1Cl. The number of hydrogen-bond donors (Lipinski definition) is 1. The molecule has 1 aliphatic carbocycles. The van der Waals surface area contributed by atoms with Crippen molar-refractivity contribution < 1.29 is 5.11 Å². The Labute approximate surface area is 90.9 Å². The van der Waals surface area contributed by atoms with Gasteiger partial charge >= 0.3 is 0 Å². The number of aliphatic hydroxyl groups excluding tert-OH is 1. The van der Waals surface area contributed by atoms with E-state index in [-0.39, 0.29) is 6.61 Å². The van der Waals surface area contributed by atoms with Crippen molar-refractivity contribution in [1.29, 1.82) is 0 Å². The molecule has 0 aromatic heterocycles. The summed E-state index contributed by atoms with van der Waals surface area (Å²) in [6.45, 7) is 0.271. The van der Waals surface area contributed by atoms with Gasteiger partial charge in [-0.2, -0.15) is 0 Å². The van der Waals surface area contributed by atoms with Crippen LogP contribution in [0.5, 0.6) is 0 Å². The van der Waals surface area contributed by atoms with Crippen LogP contribution in [0.4, 0.5) is 0 Å². The first-order chi connectivity index (χ1) is 6.22. The maximum atomic E-state index is 8.94. The highest BCUT2D eigenvalue weighted by Crippen LogP contribution is 2.49. The Morgan fingerprint density at radius 2 is 2.31 bits per heavy atom. The molecule has 0 spiro atoms. The number of rotatable bonds is 2. The summed E-state index contributed by atoms with van der Waals surface area (Å²) in [5.74, 6) is 0.891. The second-order valence-electron chi connectivity index (χ2n) is 3.45. The summed E-state index contributed by atoms with van der Waals surface area (Å²) in [5, 5.41) is 9.75. The molecule has 1 aromatic rings. The first-order valence-electron chi connectivity index (χ1n) is 4.28. The minimum Gasteiger partial charge on any atom is -0.396 e. The molecule has 2 rings (SSSR count). The summed E-state index contributed by atoms with van der Waals surface area (Å²) in [5.41, 5.74) is 1.16. The van der Waals surface area contributed by atoms with Crippen LogP contribution in [0.15, 0.2) is 22.7 Å². The van der Waals surface area contributed by atoms with E-state index in [0.717, 1.165) is 21.5 Å². The number of aliphatic hydroxyl groups is 1. The zero-order chi connectivity index (χ0) is 9.42. The quantitative estimate of drug-likeness (QED) is 0.867. The van der Waals surface area contributed by atoms with Gasteiger partial charge in [0.1, 0.15) is 0 Å². The molecule has 1 saturated carbocycles. The van der Waals surface area contributed by atoms with Crippen molar-refractivity contribution in [2.45, 2.75) is 12.3 Å². The fourth-order valence-corrected chi connectivity index (χ4v) is 2.27. The van der Waals surface area contributed by atoms with Crippen molar-refractivity contribution in [1.82, 2.24) is 0 Å². The molecule has 3 heteroatoms. The van der Waals surface area contributed by atoms with E-state index in [1.54, 1.807) is 0 Å². The first-order valence-corrected chi connectivity index (χ1v) is 5.45. The van der Waals surface area contributed by atoms with Crippen LogP contribution in [-0.2, 0) is 0 Å². The van der Waals surface area contributed by atoms with Gasteiger partial charge in [0, 0.05) is 16.1 Å². The largest absolute Gasteiger partial charge is 0.396 e. The molecule has 13 heavy (non-hydrogen) atoms. The van der Waals surface area contributed by atoms with E-state index in [0.29, 0.717) is 11.8 Å². The Balaban J connectivity index is 2.25. The van der Waals surface area contributed by atoms with Gasteiger partial charge in [0.2, 0.25) is 0 Å². The number of benzene rings is 1. The van der Waals surface area contributed by atoms with E-state index in [2.05, 4.69) is 15.9 Å². The topological polar surface area (TPSA) is 20.2 Å². The van der Waals surface area contributed by atoms with Gasteiger partial charge in [0.05, 0.1) is 0 Å². The molecule has 1 aliphatic rings. The molecule has 0 bridgehead atoms. The minimum atomic E-state index is 0.271. The second-order valence-corrected chi connectivity index (χ2v) is 4.77. The highest BCUT2D eigenvalue weighted by Gasteiger charge is 2.38. The van der Waals surface area contributed by atoms with Crippen LogP contribution in [0.25, 0.3) is 0 Å². The normalized spacial score (nSPS) is 26.1. The van der Waals surface area contributed by atoms with E-state index in [1.165, 1.54) is 0 Å². The Kier molecular flexibility index (Phi) is 2.63. The smallest absolute Gasteiger partial charge is 0.0465 e. The number of hydrogen-bond acceptors (Lipinski definition) is 1. The lowest BCUT2D eigenvalue weighted by atomic mass is 10.1. The van der Waals surface area contributed by atoms with Crippen molar-refractivity contribution >= 4 is 27.5 Å². The molecule has 0 radical (unpaired) electrons. The summed E-state index contributed by atoms with van der Waals surface area (Å²) < 4.78 is 1.05. The molecular formula is C10H10BrClO. The molecule has 1 N–H and O–H groups in total. The summed E-state index contributed by atoms with van der Waals surface area (Å²) in [6, 6.07) is 5.87. The molecule has 0 amide bonds. The lowest BCUT2D eigenvalue weighted by molar-refractivity contribution is 0.274. The van der Waals surface area contributed by atoms with E-state index in [9.17, 15) is 0 Å².